The molecule has 1 aromatic heterocycles. The lowest BCUT2D eigenvalue weighted by Gasteiger charge is -2.26. The predicted octanol–water partition coefficient (Wildman–Crippen LogP) is 2.84. The standard InChI is InChI=1S/C16H19N3O/c20-16-14(11-19-9-5-2-6-10-19)17-12-18-15(16)13-7-3-1-4-8-13/h1,3-4,7-8,12,20H,2,5-6,9-11H2. The van der Waals surface area contributed by atoms with Crippen molar-refractivity contribution in [2.75, 3.05) is 13.1 Å². The molecule has 4 heteroatoms. The summed E-state index contributed by atoms with van der Waals surface area (Å²) in [5.74, 6) is 0.212. The van der Waals surface area contributed by atoms with Gasteiger partial charge in [0.05, 0.1) is 0 Å². The van der Waals surface area contributed by atoms with Crippen LogP contribution in [0.15, 0.2) is 36.7 Å². The van der Waals surface area contributed by atoms with Crippen LogP contribution in [0.5, 0.6) is 5.75 Å². The molecule has 0 atom stereocenters. The molecule has 0 radical (unpaired) electrons. The first-order chi connectivity index (χ1) is 9.84. The lowest BCUT2D eigenvalue weighted by Crippen LogP contribution is -2.29. The van der Waals surface area contributed by atoms with Gasteiger partial charge in [0.1, 0.15) is 17.7 Å². The number of rotatable bonds is 3. The van der Waals surface area contributed by atoms with Crippen molar-refractivity contribution in [1.29, 1.82) is 0 Å². The van der Waals surface area contributed by atoms with Crippen LogP contribution in [0, 0.1) is 0 Å². The summed E-state index contributed by atoms with van der Waals surface area (Å²) in [7, 11) is 0. The third-order valence-electron chi connectivity index (χ3n) is 3.77. The fourth-order valence-corrected chi connectivity index (χ4v) is 2.67. The van der Waals surface area contributed by atoms with Crippen molar-refractivity contribution in [3.63, 3.8) is 0 Å². The van der Waals surface area contributed by atoms with Gasteiger partial charge in [0.15, 0.2) is 5.75 Å². The third kappa shape index (κ3) is 2.80. The van der Waals surface area contributed by atoms with Crippen molar-refractivity contribution >= 4 is 0 Å². The van der Waals surface area contributed by atoms with Gasteiger partial charge >= 0.3 is 0 Å². The Morgan fingerprint density at radius 2 is 1.75 bits per heavy atom. The Labute approximate surface area is 119 Å². The number of hydrogen-bond donors (Lipinski definition) is 1. The van der Waals surface area contributed by atoms with Crippen LogP contribution in [0.25, 0.3) is 11.3 Å². The molecule has 0 amide bonds. The summed E-state index contributed by atoms with van der Waals surface area (Å²) in [6, 6.07) is 9.75. The maximum Gasteiger partial charge on any atom is 0.165 e. The number of hydrogen-bond acceptors (Lipinski definition) is 4. The minimum atomic E-state index is 0.212. The second kappa shape index (κ2) is 6.01. The molecule has 1 saturated heterocycles. The summed E-state index contributed by atoms with van der Waals surface area (Å²) in [6.45, 7) is 2.88. The van der Waals surface area contributed by atoms with Gasteiger partial charge in [-0.3, -0.25) is 4.90 Å². The molecule has 104 valence electrons. The molecule has 1 aliphatic rings. The van der Waals surface area contributed by atoms with E-state index in [1.165, 1.54) is 19.3 Å². The molecule has 0 unspecified atom stereocenters. The van der Waals surface area contributed by atoms with E-state index in [0.717, 1.165) is 24.3 Å². The van der Waals surface area contributed by atoms with E-state index in [1.807, 2.05) is 30.3 Å². The highest BCUT2D eigenvalue weighted by Gasteiger charge is 2.16. The topological polar surface area (TPSA) is 49.2 Å². The van der Waals surface area contributed by atoms with E-state index in [0.29, 0.717) is 12.2 Å². The van der Waals surface area contributed by atoms with Crippen molar-refractivity contribution in [2.24, 2.45) is 0 Å². The van der Waals surface area contributed by atoms with Crippen LogP contribution in [0.2, 0.25) is 0 Å². The molecular formula is C16H19N3O. The van der Waals surface area contributed by atoms with Gasteiger partial charge in [0, 0.05) is 12.1 Å². The Balaban J connectivity index is 1.85. The van der Waals surface area contributed by atoms with E-state index in [-0.39, 0.29) is 5.75 Å². The van der Waals surface area contributed by atoms with E-state index in [1.54, 1.807) is 6.33 Å². The van der Waals surface area contributed by atoms with E-state index in [4.69, 9.17) is 0 Å². The van der Waals surface area contributed by atoms with Crippen molar-refractivity contribution in [3.05, 3.63) is 42.4 Å². The molecule has 0 saturated carbocycles. The number of aromatic nitrogens is 2. The van der Waals surface area contributed by atoms with Crippen LogP contribution >= 0.6 is 0 Å². The molecule has 1 N–H and O–H groups in total. The highest BCUT2D eigenvalue weighted by atomic mass is 16.3. The zero-order valence-corrected chi connectivity index (χ0v) is 11.5. The maximum absolute atomic E-state index is 10.4. The van der Waals surface area contributed by atoms with Crippen LogP contribution in [0.1, 0.15) is 25.0 Å². The lowest BCUT2D eigenvalue weighted by molar-refractivity contribution is 0.216. The van der Waals surface area contributed by atoms with Crippen molar-refractivity contribution < 1.29 is 5.11 Å². The number of nitrogens with zero attached hydrogens (tertiary/aromatic N) is 3. The van der Waals surface area contributed by atoms with Crippen molar-refractivity contribution in [3.8, 4) is 17.0 Å². The van der Waals surface area contributed by atoms with E-state index in [9.17, 15) is 5.11 Å². The van der Waals surface area contributed by atoms with Gasteiger partial charge in [-0.05, 0) is 25.9 Å². The Hall–Kier alpha value is -1.94. The summed E-state index contributed by atoms with van der Waals surface area (Å²) in [5.41, 5.74) is 2.26. The largest absolute Gasteiger partial charge is 0.504 e. The van der Waals surface area contributed by atoms with Crippen molar-refractivity contribution in [1.82, 2.24) is 14.9 Å². The molecule has 3 rings (SSSR count). The number of likely N-dealkylation sites (tertiary alicyclic amines) is 1. The van der Waals surface area contributed by atoms with Crippen LogP contribution in [0.4, 0.5) is 0 Å². The molecule has 1 aromatic carbocycles. The highest BCUT2D eigenvalue weighted by molar-refractivity contribution is 5.66. The Bertz CT molecular complexity index is 565. The van der Waals surface area contributed by atoms with Gasteiger partial charge in [-0.1, -0.05) is 36.8 Å². The van der Waals surface area contributed by atoms with Crippen LogP contribution in [-0.2, 0) is 6.54 Å². The summed E-state index contributed by atoms with van der Waals surface area (Å²) in [4.78, 5) is 10.8. The van der Waals surface area contributed by atoms with Gasteiger partial charge < -0.3 is 5.11 Å². The maximum atomic E-state index is 10.4. The molecule has 1 fully saturated rings. The first-order valence-corrected chi connectivity index (χ1v) is 7.15. The van der Waals surface area contributed by atoms with Gasteiger partial charge in [-0.15, -0.1) is 0 Å². The molecule has 20 heavy (non-hydrogen) atoms. The summed E-state index contributed by atoms with van der Waals surface area (Å²) in [5, 5.41) is 10.4. The second-order valence-corrected chi connectivity index (χ2v) is 5.22. The number of piperidine rings is 1. The van der Waals surface area contributed by atoms with Gasteiger partial charge in [0.2, 0.25) is 0 Å². The fourth-order valence-electron chi connectivity index (χ4n) is 2.67. The quantitative estimate of drug-likeness (QED) is 0.931. The molecule has 0 spiro atoms. The molecule has 0 bridgehead atoms. The first kappa shape index (κ1) is 13.1. The Morgan fingerprint density at radius 3 is 2.50 bits per heavy atom. The number of aromatic hydroxyl groups is 1. The monoisotopic (exact) mass is 269 g/mol. The SMILES string of the molecule is Oc1c(CN2CCCCC2)ncnc1-c1ccccc1. The smallest absolute Gasteiger partial charge is 0.165 e. The van der Waals surface area contributed by atoms with Crippen LogP contribution in [-0.4, -0.2) is 33.1 Å². The fraction of sp³-hybridized carbons (Fsp3) is 0.375. The Morgan fingerprint density at radius 1 is 1.00 bits per heavy atom. The second-order valence-electron chi connectivity index (χ2n) is 5.22. The average molecular weight is 269 g/mol. The lowest BCUT2D eigenvalue weighted by atomic mass is 10.1. The molecule has 2 heterocycles. The molecule has 2 aromatic rings. The van der Waals surface area contributed by atoms with Gasteiger partial charge in [-0.2, -0.15) is 0 Å². The van der Waals surface area contributed by atoms with Gasteiger partial charge in [-0.25, -0.2) is 9.97 Å². The zero-order chi connectivity index (χ0) is 13.8. The zero-order valence-electron chi connectivity index (χ0n) is 11.5. The molecular weight excluding hydrogens is 250 g/mol. The normalized spacial score (nSPS) is 16.2. The predicted molar refractivity (Wildman–Crippen MR) is 78.3 cm³/mol. The molecule has 1 aliphatic heterocycles. The molecule has 4 nitrogen and oxygen atoms in total. The minimum absolute atomic E-state index is 0.212. The average Bonchev–Trinajstić information content (AvgIpc) is 2.51. The third-order valence-corrected chi connectivity index (χ3v) is 3.77. The Kier molecular flexibility index (Phi) is 3.92. The first-order valence-electron chi connectivity index (χ1n) is 7.15. The van der Waals surface area contributed by atoms with E-state index in [2.05, 4.69) is 14.9 Å². The summed E-state index contributed by atoms with van der Waals surface area (Å²) in [6.07, 6.45) is 5.32. The van der Waals surface area contributed by atoms with Crippen molar-refractivity contribution in [2.45, 2.75) is 25.8 Å². The van der Waals surface area contributed by atoms with Crippen LogP contribution in [0.3, 0.4) is 0 Å². The molecule has 0 aliphatic carbocycles. The van der Waals surface area contributed by atoms with E-state index >= 15 is 0 Å². The van der Waals surface area contributed by atoms with E-state index < -0.39 is 0 Å². The van der Waals surface area contributed by atoms with Gasteiger partial charge in [0.25, 0.3) is 0 Å². The summed E-state index contributed by atoms with van der Waals surface area (Å²) >= 11 is 0. The summed E-state index contributed by atoms with van der Waals surface area (Å²) < 4.78 is 0. The highest BCUT2D eigenvalue weighted by Crippen LogP contribution is 2.29. The van der Waals surface area contributed by atoms with Crippen LogP contribution < -0.4 is 0 Å². The minimum Gasteiger partial charge on any atom is -0.504 e. The number of benzene rings is 1.